The molecule has 0 amide bonds. The molecule has 0 bridgehead atoms. The van der Waals surface area contributed by atoms with Crippen molar-refractivity contribution >= 4 is 0 Å². The van der Waals surface area contributed by atoms with E-state index < -0.39 is 0 Å². The highest BCUT2D eigenvalue weighted by Crippen LogP contribution is 2.19. The zero-order valence-electron chi connectivity index (χ0n) is 25.3. The lowest BCUT2D eigenvalue weighted by molar-refractivity contribution is -0.929. The molecule has 0 aliphatic carbocycles. The van der Waals surface area contributed by atoms with E-state index >= 15 is 0 Å². The summed E-state index contributed by atoms with van der Waals surface area (Å²) in [5.74, 6) is 0. The second-order valence-corrected chi connectivity index (χ2v) is 11.7. The van der Waals surface area contributed by atoms with Crippen LogP contribution >= 0.6 is 0 Å². The van der Waals surface area contributed by atoms with E-state index in [4.69, 9.17) is 0 Å². The summed E-state index contributed by atoms with van der Waals surface area (Å²) in [7, 11) is 0. The van der Waals surface area contributed by atoms with Gasteiger partial charge in [0.25, 0.3) is 0 Å². The van der Waals surface area contributed by atoms with Crippen LogP contribution in [0.15, 0.2) is 0 Å². The van der Waals surface area contributed by atoms with E-state index in [1.807, 2.05) is 0 Å². The van der Waals surface area contributed by atoms with E-state index in [1.165, 1.54) is 191 Å². The molecule has 0 rings (SSSR count). The van der Waals surface area contributed by atoms with E-state index in [0.717, 1.165) is 0 Å². The summed E-state index contributed by atoms with van der Waals surface area (Å²) in [5.41, 5.74) is 0. The van der Waals surface area contributed by atoms with Crippen molar-refractivity contribution in [2.24, 2.45) is 0 Å². The van der Waals surface area contributed by atoms with Crippen LogP contribution < -0.4 is 12.4 Å². The van der Waals surface area contributed by atoms with Gasteiger partial charge in [0.05, 0.1) is 26.2 Å². The van der Waals surface area contributed by atoms with E-state index in [1.54, 1.807) is 0 Å². The summed E-state index contributed by atoms with van der Waals surface area (Å²) in [6.07, 6.45) is 36.3. The van der Waals surface area contributed by atoms with Crippen LogP contribution in [0.4, 0.5) is 0 Å². The van der Waals surface area contributed by atoms with Crippen molar-refractivity contribution in [1.82, 2.24) is 0 Å². The van der Waals surface area contributed by atoms with Gasteiger partial charge < -0.3 is 16.9 Å². The zero-order valence-corrected chi connectivity index (χ0v) is 26.1. The Kier molecular flexibility index (Phi) is 32.6. The first-order chi connectivity index (χ1) is 16.7. The first-order valence-electron chi connectivity index (χ1n) is 16.6. The highest BCUT2D eigenvalue weighted by molar-refractivity contribution is 4.54. The molecule has 0 N–H and O–H groups in total. The first kappa shape index (κ1) is 37.4. The van der Waals surface area contributed by atoms with Crippen LogP contribution in [0.25, 0.3) is 0 Å². The smallest absolute Gasteiger partial charge is 0.0786 e. The van der Waals surface area contributed by atoms with Gasteiger partial charge in [0, 0.05) is 0 Å². The van der Waals surface area contributed by atoms with Gasteiger partial charge in [-0.25, -0.2) is 0 Å². The quantitative estimate of drug-likeness (QED) is 0.0690. The van der Waals surface area contributed by atoms with Gasteiger partial charge in [-0.3, -0.25) is 0 Å². The van der Waals surface area contributed by atoms with E-state index in [0.29, 0.717) is 0 Å². The Morgan fingerprint density at radius 2 is 0.429 bits per heavy atom. The second kappa shape index (κ2) is 30.5. The molecule has 2 heteroatoms. The molecule has 0 aliphatic rings. The summed E-state index contributed by atoms with van der Waals surface area (Å²) in [6.45, 7) is 15.2. The van der Waals surface area contributed by atoms with Crippen LogP contribution in [0.1, 0.15) is 188 Å². The molecule has 214 valence electrons. The third-order valence-electron chi connectivity index (χ3n) is 8.19. The number of quaternary nitrogens is 1. The largest absolute Gasteiger partial charge is 1.00 e. The van der Waals surface area contributed by atoms with E-state index in [2.05, 4.69) is 27.7 Å². The fraction of sp³-hybridized carbons (Fsp3) is 1.00. The van der Waals surface area contributed by atoms with Crippen molar-refractivity contribution in [3.63, 3.8) is 0 Å². The van der Waals surface area contributed by atoms with Crippen LogP contribution in [0.5, 0.6) is 0 Å². The van der Waals surface area contributed by atoms with Gasteiger partial charge in [0.2, 0.25) is 0 Å². The maximum Gasteiger partial charge on any atom is 0.0786 e. The highest BCUT2D eigenvalue weighted by atomic mass is 35.5. The molecule has 0 saturated heterocycles. The van der Waals surface area contributed by atoms with Gasteiger partial charge in [0.1, 0.15) is 0 Å². The minimum absolute atomic E-state index is 0. The lowest BCUT2D eigenvalue weighted by Crippen LogP contribution is -3.00. The molecule has 0 heterocycles. The second-order valence-electron chi connectivity index (χ2n) is 11.7. The Bertz CT molecular complexity index is 344. The molecule has 1 nitrogen and oxygen atoms in total. The van der Waals surface area contributed by atoms with Crippen molar-refractivity contribution in [1.29, 1.82) is 0 Å². The monoisotopic (exact) mass is 516 g/mol. The predicted molar refractivity (Wildman–Crippen MR) is 158 cm³/mol. The van der Waals surface area contributed by atoms with Gasteiger partial charge in [-0.05, 0) is 51.4 Å². The molecule has 0 fully saturated rings. The van der Waals surface area contributed by atoms with Gasteiger partial charge in [0.15, 0.2) is 0 Å². The molecule has 0 aromatic rings. The summed E-state index contributed by atoms with van der Waals surface area (Å²) in [5, 5.41) is 0. The summed E-state index contributed by atoms with van der Waals surface area (Å²) in [6, 6.07) is 0. The molecule has 0 spiro atoms. The van der Waals surface area contributed by atoms with E-state index in [-0.39, 0.29) is 12.4 Å². The molecular weight excluding hydrogens is 446 g/mol. The standard InChI is InChI=1S/C33H70N.ClH/c1-5-9-13-14-15-16-17-18-19-20-21-22-23-24-25-29-33-34(30-26-10-6-2,31-27-11-7-3)32-28-12-8-4;/h5-33H2,1-4H3;1H/q+1;/p-1. The number of hydrogen-bond acceptors (Lipinski definition) is 0. The Morgan fingerprint density at radius 1 is 0.257 bits per heavy atom. The van der Waals surface area contributed by atoms with Crippen LogP contribution in [0.2, 0.25) is 0 Å². The molecule has 0 radical (unpaired) electrons. The third kappa shape index (κ3) is 25.7. The average Bonchev–Trinajstić information content (AvgIpc) is 2.84. The fourth-order valence-electron chi connectivity index (χ4n) is 5.76. The van der Waals surface area contributed by atoms with Gasteiger partial charge >= 0.3 is 0 Å². The van der Waals surface area contributed by atoms with Crippen LogP contribution in [0, 0.1) is 0 Å². The maximum atomic E-state index is 2.36. The van der Waals surface area contributed by atoms with Crippen LogP contribution in [-0.2, 0) is 0 Å². The predicted octanol–water partition coefficient (Wildman–Crippen LogP) is 8.64. The number of halogens is 1. The number of unbranched alkanes of at least 4 members (excludes halogenated alkanes) is 21. The normalized spacial score (nSPS) is 11.7. The molecule has 0 atom stereocenters. The molecule has 0 aromatic carbocycles. The molecule has 35 heavy (non-hydrogen) atoms. The Hall–Kier alpha value is 0.250. The maximum absolute atomic E-state index is 2.36. The highest BCUT2D eigenvalue weighted by Gasteiger charge is 2.25. The Balaban J connectivity index is 0. The van der Waals surface area contributed by atoms with Crippen molar-refractivity contribution in [3.05, 3.63) is 0 Å². The van der Waals surface area contributed by atoms with Crippen molar-refractivity contribution in [2.75, 3.05) is 26.2 Å². The summed E-state index contributed by atoms with van der Waals surface area (Å²) < 4.78 is 1.46. The van der Waals surface area contributed by atoms with Crippen molar-refractivity contribution in [2.45, 2.75) is 188 Å². The minimum Gasteiger partial charge on any atom is -1.00 e. The summed E-state index contributed by atoms with van der Waals surface area (Å²) >= 11 is 0. The van der Waals surface area contributed by atoms with Gasteiger partial charge in [-0.1, -0.05) is 137 Å². The number of nitrogens with zero attached hydrogens (tertiary/aromatic N) is 1. The first-order valence-corrected chi connectivity index (χ1v) is 16.6. The Morgan fingerprint density at radius 3 is 0.686 bits per heavy atom. The lowest BCUT2D eigenvalue weighted by Gasteiger charge is -2.39. The summed E-state index contributed by atoms with van der Waals surface area (Å²) in [4.78, 5) is 0. The topological polar surface area (TPSA) is 0 Å². The molecule has 0 aliphatic heterocycles. The van der Waals surface area contributed by atoms with E-state index in [9.17, 15) is 0 Å². The average molecular weight is 516 g/mol. The molecular formula is C33H70ClN. The lowest BCUT2D eigenvalue weighted by atomic mass is 10.0. The number of rotatable bonds is 29. The zero-order chi connectivity index (χ0) is 25.0. The number of hydrogen-bond donors (Lipinski definition) is 0. The minimum atomic E-state index is 0. The van der Waals surface area contributed by atoms with Gasteiger partial charge in [-0.2, -0.15) is 0 Å². The van der Waals surface area contributed by atoms with Crippen molar-refractivity contribution < 1.29 is 16.9 Å². The van der Waals surface area contributed by atoms with Gasteiger partial charge in [-0.15, -0.1) is 0 Å². The SMILES string of the molecule is CCCCCCCCCCCCCCCCCC[N+](CCCCC)(CCCCC)CCCCC.[Cl-]. The van der Waals surface area contributed by atoms with Crippen LogP contribution in [-0.4, -0.2) is 30.7 Å². The molecule has 0 unspecified atom stereocenters. The molecule has 0 saturated carbocycles. The Labute approximate surface area is 231 Å². The third-order valence-corrected chi connectivity index (χ3v) is 8.19. The van der Waals surface area contributed by atoms with Crippen molar-refractivity contribution in [3.8, 4) is 0 Å². The van der Waals surface area contributed by atoms with Crippen LogP contribution in [0.3, 0.4) is 0 Å². The fourth-order valence-corrected chi connectivity index (χ4v) is 5.76. The molecule has 0 aromatic heterocycles.